The van der Waals surface area contributed by atoms with Crippen molar-refractivity contribution in [3.63, 3.8) is 0 Å². The molecule has 1 rings (SSSR count). The van der Waals surface area contributed by atoms with Gasteiger partial charge in [-0.2, -0.15) is 0 Å². The Labute approximate surface area is 107 Å². The molecule has 1 unspecified atom stereocenters. The SMILES string of the molecule is CC(C)(C)C(CCO)NC(=O)c1ccc(CN)o1. The summed E-state index contributed by atoms with van der Waals surface area (Å²) in [5.74, 6) is 0.556. The first kappa shape index (κ1) is 14.7. The van der Waals surface area contributed by atoms with Crippen LogP contribution in [-0.4, -0.2) is 23.7 Å². The highest BCUT2D eigenvalue weighted by atomic mass is 16.4. The summed E-state index contributed by atoms with van der Waals surface area (Å²) in [4.78, 5) is 12.0. The molecule has 0 aliphatic heterocycles. The summed E-state index contributed by atoms with van der Waals surface area (Å²) in [5.41, 5.74) is 5.30. The number of carbonyl (C=O) groups excluding carboxylic acids is 1. The predicted molar refractivity (Wildman–Crippen MR) is 69.0 cm³/mol. The maximum atomic E-state index is 12.0. The van der Waals surface area contributed by atoms with Crippen LogP contribution in [0, 0.1) is 5.41 Å². The minimum absolute atomic E-state index is 0.0361. The van der Waals surface area contributed by atoms with Crippen molar-refractivity contribution in [2.24, 2.45) is 11.1 Å². The van der Waals surface area contributed by atoms with E-state index >= 15 is 0 Å². The van der Waals surface area contributed by atoms with Crippen molar-refractivity contribution in [1.29, 1.82) is 0 Å². The fourth-order valence-electron chi connectivity index (χ4n) is 1.69. The first-order chi connectivity index (χ1) is 8.38. The van der Waals surface area contributed by atoms with E-state index in [2.05, 4.69) is 5.32 Å². The van der Waals surface area contributed by atoms with Gasteiger partial charge in [0, 0.05) is 12.6 Å². The number of nitrogens with two attached hydrogens (primary N) is 1. The second-order valence-electron chi connectivity index (χ2n) is 5.37. The molecule has 1 aromatic heterocycles. The van der Waals surface area contributed by atoms with Gasteiger partial charge < -0.3 is 20.6 Å². The van der Waals surface area contributed by atoms with Crippen LogP contribution in [0.25, 0.3) is 0 Å². The van der Waals surface area contributed by atoms with Crippen molar-refractivity contribution >= 4 is 5.91 Å². The van der Waals surface area contributed by atoms with Crippen LogP contribution in [0.2, 0.25) is 0 Å². The number of furan rings is 1. The van der Waals surface area contributed by atoms with Gasteiger partial charge in [0.15, 0.2) is 5.76 Å². The number of aliphatic hydroxyl groups excluding tert-OH is 1. The maximum Gasteiger partial charge on any atom is 0.287 e. The van der Waals surface area contributed by atoms with Crippen LogP contribution in [0.4, 0.5) is 0 Å². The first-order valence-electron chi connectivity index (χ1n) is 6.09. The third kappa shape index (κ3) is 3.85. The molecule has 18 heavy (non-hydrogen) atoms. The molecule has 1 amide bonds. The number of hydrogen-bond donors (Lipinski definition) is 3. The Hall–Kier alpha value is -1.33. The number of rotatable bonds is 5. The number of aliphatic hydroxyl groups is 1. The monoisotopic (exact) mass is 254 g/mol. The lowest BCUT2D eigenvalue weighted by Crippen LogP contribution is -2.44. The Kier molecular flexibility index (Phi) is 4.93. The zero-order chi connectivity index (χ0) is 13.8. The molecule has 0 aliphatic rings. The molecule has 5 nitrogen and oxygen atoms in total. The van der Waals surface area contributed by atoms with Crippen molar-refractivity contribution in [1.82, 2.24) is 5.32 Å². The standard InChI is InChI=1S/C13H22N2O3/c1-13(2,3)11(6-7-16)15-12(17)10-5-4-9(8-14)18-10/h4-5,11,16H,6-8,14H2,1-3H3,(H,15,17). The summed E-state index contributed by atoms with van der Waals surface area (Å²) in [6.45, 7) is 6.35. The fourth-order valence-corrected chi connectivity index (χ4v) is 1.69. The molecule has 0 spiro atoms. The molecule has 0 aromatic carbocycles. The molecule has 4 N–H and O–H groups in total. The molecule has 1 aromatic rings. The molecule has 0 saturated carbocycles. The van der Waals surface area contributed by atoms with Crippen molar-refractivity contribution in [2.75, 3.05) is 6.61 Å². The van der Waals surface area contributed by atoms with Gasteiger partial charge in [-0.05, 0) is 24.0 Å². The Bertz CT molecular complexity index is 393. The molecular formula is C13H22N2O3. The Morgan fingerprint density at radius 1 is 1.50 bits per heavy atom. The highest BCUT2D eigenvalue weighted by Gasteiger charge is 2.26. The number of amides is 1. The topological polar surface area (TPSA) is 88.5 Å². The van der Waals surface area contributed by atoms with Crippen LogP contribution in [-0.2, 0) is 6.54 Å². The minimum Gasteiger partial charge on any atom is -0.455 e. The lowest BCUT2D eigenvalue weighted by atomic mass is 9.85. The van der Waals surface area contributed by atoms with Gasteiger partial charge in [-0.3, -0.25) is 4.79 Å². The molecule has 0 aliphatic carbocycles. The molecule has 1 atom stereocenters. The van der Waals surface area contributed by atoms with Gasteiger partial charge in [0.2, 0.25) is 0 Å². The van der Waals surface area contributed by atoms with Crippen molar-refractivity contribution in [3.8, 4) is 0 Å². The normalized spacial score (nSPS) is 13.4. The van der Waals surface area contributed by atoms with Crippen molar-refractivity contribution < 1.29 is 14.3 Å². The highest BCUT2D eigenvalue weighted by Crippen LogP contribution is 2.22. The Morgan fingerprint density at radius 3 is 2.61 bits per heavy atom. The first-order valence-corrected chi connectivity index (χ1v) is 6.09. The van der Waals surface area contributed by atoms with E-state index in [9.17, 15) is 4.79 Å². The smallest absolute Gasteiger partial charge is 0.287 e. The largest absolute Gasteiger partial charge is 0.455 e. The molecule has 0 radical (unpaired) electrons. The second kappa shape index (κ2) is 6.02. The van der Waals surface area contributed by atoms with E-state index in [0.717, 1.165) is 0 Å². The van der Waals surface area contributed by atoms with Gasteiger partial charge in [-0.15, -0.1) is 0 Å². The lowest BCUT2D eigenvalue weighted by molar-refractivity contribution is 0.0855. The summed E-state index contributed by atoms with van der Waals surface area (Å²) < 4.78 is 5.29. The van der Waals surface area contributed by atoms with E-state index in [1.807, 2.05) is 20.8 Å². The van der Waals surface area contributed by atoms with Gasteiger partial charge >= 0.3 is 0 Å². The summed E-state index contributed by atoms with van der Waals surface area (Å²) >= 11 is 0. The highest BCUT2D eigenvalue weighted by molar-refractivity contribution is 5.91. The number of hydrogen-bond acceptors (Lipinski definition) is 4. The molecule has 0 bridgehead atoms. The van der Waals surface area contributed by atoms with E-state index < -0.39 is 0 Å². The van der Waals surface area contributed by atoms with Gasteiger partial charge in [-0.1, -0.05) is 20.8 Å². The third-order valence-electron chi connectivity index (χ3n) is 2.86. The van der Waals surface area contributed by atoms with Crippen LogP contribution in [0.5, 0.6) is 0 Å². The zero-order valence-corrected chi connectivity index (χ0v) is 11.2. The van der Waals surface area contributed by atoms with E-state index in [1.165, 1.54) is 0 Å². The van der Waals surface area contributed by atoms with Gasteiger partial charge in [0.25, 0.3) is 5.91 Å². The van der Waals surface area contributed by atoms with Gasteiger partial charge in [-0.25, -0.2) is 0 Å². The lowest BCUT2D eigenvalue weighted by Gasteiger charge is -2.30. The summed E-state index contributed by atoms with van der Waals surface area (Å²) in [6, 6.07) is 3.19. The Morgan fingerprint density at radius 2 is 2.17 bits per heavy atom. The fraction of sp³-hybridized carbons (Fsp3) is 0.615. The van der Waals surface area contributed by atoms with E-state index in [-0.39, 0.29) is 36.3 Å². The van der Waals surface area contributed by atoms with Gasteiger partial charge in [0.1, 0.15) is 5.76 Å². The number of carbonyl (C=O) groups is 1. The molecule has 1 heterocycles. The summed E-state index contributed by atoms with van der Waals surface area (Å²) in [5, 5.41) is 11.9. The van der Waals surface area contributed by atoms with E-state index in [4.69, 9.17) is 15.3 Å². The van der Waals surface area contributed by atoms with Crippen LogP contribution in [0.3, 0.4) is 0 Å². The van der Waals surface area contributed by atoms with Crippen LogP contribution in [0.1, 0.15) is 43.5 Å². The molecule has 0 fully saturated rings. The molecule has 102 valence electrons. The summed E-state index contributed by atoms with van der Waals surface area (Å²) in [6.07, 6.45) is 0.514. The maximum absolute atomic E-state index is 12.0. The van der Waals surface area contributed by atoms with Gasteiger partial charge in [0.05, 0.1) is 6.54 Å². The summed E-state index contributed by atoms with van der Waals surface area (Å²) in [7, 11) is 0. The average Bonchev–Trinajstić information content (AvgIpc) is 2.75. The van der Waals surface area contributed by atoms with Crippen molar-refractivity contribution in [2.45, 2.75) is 39.8 Å². The minimum atomic E-state index is -0.275. The van der Waals surface area contributed by atoms with E-state index in [0.29, 0.717) is 12.2 Å². The van der Waals surface area contributed by atoms with Crippen molar-refractivity contribution in [3.05, 3.63) is 23.7 Å². The van der Waals surface area contributed by atoms with E-state index in [1.54, 1.807) is 12.1 Å². The molecular weight excluding hydrogens is 232 g/mol. The van der Waals surface area contributed by atoms with Crippen LogP contribution < -0.4 is 11.1 Å². The quantitative estimate of drug-likeness (QED) is 0.738. The third-order valence-corrected chi connectivity index (χ3v) is 2.86. The number of nitrogens with one attached hydrogen (secondary N) is 1. The Balaban J connectivity index is 2.72. The second-order valence-corrected chi connectivity index (χ2v) is 5.37. The predicted octanol–water partition coefficient (Wildman–Crippen LogP) is 1.27. The van der Waals surface area contributed by atoms with Crippen LogP contribution >= 0.6 is 0 Å². The molecule has 0 saturated heterocycles. The average molecular weight is 254 g/mol. The molecule has 5 heteroatoms. The zero-order valence-electron chi connectivity index (χ0n) is 11.2. The van der Waals surface area contributed by atoms with Crippen LogP contribution in [0.15, 0.2) is 16.5 Å².